The van der Waals surface area contributed by atoms with E-state index in [0.717, 1.165) is 41.2 Å². The largest absolute Gasteiger partial charge is 0.496 e. The summed E-state index contributed by atoms with van der Waals surface area (Å²) in [5, 5.41) is 13.4. The molecule has 194 valence electrons. The Kier molecular flexibility index (Phi) is 7.91. The van der Waals surface area contributed by atoms with Gasteiger partial charge in [-0.05, 0) is 36.6 Å². The molecule has 0 unspecified atom stereocenters. The number of carbonyl (C=O) groups excluding carboxylic acids is 1. The Bertz CT molecular complexity index is 1050. The van der Waals surface area contributed by atoms with E-state index >= 15 is 0 Å². The Morgan fingerprint density at radius 2 is 2.00 bits per heavy atom. The summed E-state index contributed by atoms with van der Waals surface area (Å²) in [7, 11) is 1.62. The Morgan fingerprint density at radius 1 is 1.14 bits per heavy atom. The van der Waals surface area contributed by atoms with Crippen LogP contribution in [0.1, 0.15) is 30.4 Å². The minimum Gasteiger partial charge on any atom is -0.496 e. The average Bonchev–Trinajstić information content (AvgIpc) is 3.34. The van der Waals surface area contributed by atoms with E-state index in [-0.39, 0.29) is 37.6 Å². The molecule has 0 spiro atoms. The Balaban J connectivity index is 1.19. The SMILES string of the molecule is COc1ccccc1CNC(=O)C[C@H]1CC[C@@H]2[C@H](COC[C@H](O)CN2Cc2ccc3c(c2)OCO3)O1. The van der Waals surface area contributed by atoms with Crippen LogP contribution in [0.5, 0.6) is 17.2 Å². The number of fused-ring (bicyclic) bond motifs is 2. The molecule has 0 radical (unpaired) electrons. The molecule has 36 heavy (non-hydrogen) atoms. The second-order valence-corrected chi connectivity index (χ2v) is 9.54. The zero-order chi connectivity index (χ0) is 24.9. The van der Waals surface area contributed by atoms with Gasteiger partial charge in [0.05, 0.1) is 45.1 Å². The van der Waals surface area contributed by atoms with E-state index < -0.39 is 6.10 Å². The smallest absolute Gasteiger partial charge is 0.231 e. The summed E-state index contributed by atoms with van der Waals surface area (Å²) in [5.74, 6) is 2.21. The van der Waals surface area contributed by atoms with Crippen LogP contribution in [0.2, 0.25) is 0 Å². The Labute approximate surface area is 211 Å². The van der Waals surface area contributed by atoms with Crippen molar-refractivity contribution in [1.82, 2.24) is 10.2 Å². The minimum atomic E-state index is -0.571. The first kappa shape index (κ1) is 24.8. The van der Waals surface area contributed by atoms with Crippen molar-refractivity contribution in [2.75, 3.05) is 33.7 Å². The molecule has 0 saturated carbocycles. The number of ether oxygens (including phenoxy) is 5. The number of nitrogens with one attached hydrogen (secondary N) is 1. The van der Waals surface area contributed by atoms with E-state index in [9.17, 15) is 9.90 Å². The molecule has 5 rings (SSSR count). The van der Waals surface area contributed by atoms with E-state index in [1.807, 2.05) is 42.5 Å². The van der Waals surface area contributed by atoms with Crippen LogP contribution in [0, 0.1) is 0 Å². The first-order valence-electron chi connectivity index (χ1n) is 12.5. The Morgan fingerprint density at radius 3 is 2.89 bits per heavy atom. The van der Waals surface area contributed by atoms with Gasteiger partial charge in [-0.15, -0.1) is 0 Å². The maximum absolute atomic E-state index is 12.7. The van der Waals surface area contributed by atoms with E-state index in [0.29, 0.717) is 32.7 Å². The van der Waals surface area contributed by atoms with Gasteiger partial charge in [-0.1, -0.05) is 24.3 Å². The third-order valence-electron chi connectivity index (χ3n) is 6.99. The summed E-state index contributed by atoms with van der Waals surface area (Å²) in [6, 6.07) is 13.7. The standard InChI is InChI=1S/C27H34N2O7/c1-32-23-5-3-2-4-19(23)12-28-27(31)11-21-7-8-22-26(36-21)16-33-15-20(30)14-29(22)13-18-6-9-24-25(10-18)35-17-34-24/h2-6,9-10,20-22,26,30H,7-8,11-17H2,1H3,(H,28,31)/t20-,21-,22-,26+/m1/s1. The molecule has 3 aliphatic heterocycles. The monoisotopic (exact) mass is 498 g/mol. The Hall–Kier alpha value is -2.85. The number of methoxy groups -OCH3 is 1. The summed E-state index contributed by atoms with van der Waals surface area (Å²) in [6.45, 7) is 2.44. The van der Waals surface area contributed by atoms with Crippen LogP contribution in [0.15, 0.2) is 42.5 Å². The highest BCUT2D eigenvalue weighted by Crippen LogP contribution is 2.34. The number of para-hydroxylation sites is 1. The molecule has 1 amide bonds. The molecule has 2 N–H and O–H groups in total. The lowest BCUT2D eigenvalue weighted by molar-refractivity contribution is -0.158. The lowest BCUT2D eigenvalue weighted by Crippen LogP contribution is -2.55. The van der Waals surface area contributed by atoms with Crippen molar-refractivity contribution in [1.29, 1.82) is 0 Å². The van der Waals surface area contributed by atoms with Gasteiger partial charge >= 0.3 is 0 Å². The second-order valence-electron chi connectivity index (χ2n) is 9.54. The molecule has 2 aromatic rings. The van der Waals surface area contributed by atoms with Crippen LogP contribution >= 0.6 is 0 Å². The zero-order valence-corrected chi connectivity index (χ0v) is 20.6. The average molecular weight is 499 g/mol. The third-order valence-corrected chi connectivity index (χ3v) is 6.99. The van der Waals surface area contributed by atoms with Gasteiger partial charge in [0.2, 0.25) is 12.7 Å². The van der Waals surface area contributed by atoms with Crippen LogP contribution < -0.4 is 19.5 Å². The predicted octanol–water partition coefficient (Wildman–Crippen LogP) is 2.24. The number of benzene rings is 2. The van der Waals surface area contributed by atoms with Crippen molar-refractivity contribution >= 4 is 5.91 Å². The molecule has 3 heterocycles. The molecule has 0 aromatic heterocycles. The first-order chi connectivity index (χ1) is 17.6. The predicted molar refractivity (Wildman–Crippen MR) is 131 cm³/mol. The molecule has 3 aliphatic rings. The topological polar surface area (TPSA) is 98.7 Å². The maximum Gasteiger partial charge on any atom is 0.231 e. The molecular formula is C27H34N2O7. The molecule has 9 heteroatoms. The maximum atomic E-state index is 12.7. The van der Waals surface area contributed by atoms with Crippen molar-refractivity contribution in [3.8, 4) is 17.2 Å². The molecule has 2 fully saturated rings. The summed E-state index contributed by atoms with van der Waals surface area (Å²) in [4.78, 5) is 15.0. The van der Waals surface area contributed by atoms with Crippen LogP contribution in [0.3, 0.4) is 0 Å². The van der Waals surface area contributed by atoms with Gasteiger partial charge in [0.1, 0.15) is 5.75 Å². The number of amides is 1. The van der Waals surface area contributed by atoms with E-state index in [1.165, 1.54) is 0 Å². The number of aliphatic hydroxyl groups is 1. The summed E-state index contributed by atoms with van der Waals surface area (Å²) >= 11 is 0. The van der Waals surface area contributed by atoms with Crippen molar-refractivity contribution in [3.63, 3.8) is 0 Å². The molecule has 2 saturated heterocycles. The highest BCUT2D eigenvalue weighted by atomic mass is 16.7. The number of β-amino-alcohol motifs (C(OH)–C–C–N with tert-alkyl or cyclic N) is 1. The van der Waals surface area contributed by atoms with Gasteiger partial charge in [-0.25, -0.2) is 0 Å². The molecular weight excluding hydrogens is 464 g/mol. The lowest BCUT2D eigenvalue weighted by atomic mass is 9.94. The van der Waals surface area contributed by atoms with Gasteiger partial charge in [-0.2, -0.15) is 0 Å². The van der Waals surface area contributed by atoms with E-state index in [4.69, 9.17) is 23.7 Å². The lowest BCUT2D eigenvalue weighted by Gasteiger charge is -2.44. The van der Waals surface area contributed by atoms with Crippen LogP contribution in [0.25, 0.3) is 0 Å². The molecule has 2 aromatic carbocycles. The number of rotatable bonds is 7. The minimum absolute atomic E-state index is 0.0521. The fourth-order valence-corrected chi connectivity index (χ4v) is 5.22. The zero-order valence-electron chi connectivity index (χ0n) is 20.6. The molecule has 0 bridgehead atoms. The van der Waals surface area contributed by atoms with Crippen LogP contribution in [-0.4, -0.2) is 73.9 Å². The normalized spacial score (nSPS) is 25.9. The summed E-state index contributed by atoms with van der Waals surface area (Å²) in [6.07, 6.45) is 0.991. The number of carbonyl (C=O) groups is 1. The first-order valence-corrected chi connectivity index (χ1v) is 12.5. The highest BCUT2D eigenvalue weighted by molar-refractivity contribution is 5.76. The summed E-state index contributed by atoms with van der Waals surface area (Å²) < 4.78 is 28.5. The van der Waals surface area contributed by atoms with E-state index in [2.05, 4.69) is 10.2 Å². The number of aliphatic hydroxyl groups excluding tert-OH is 1. The quantitative estimate of drug-likeness (QED) is 0.600. The van der Waals surface area contributed by atoms with Gasteiger partial charge in [0, 0.05) is 31.2 Å². The van der Waals surface area contributed by atoms with Gasteiger partial charge in [0.15, 0.2) is 11.5 Å². The summed E-state index contributed by atoms with van der Waals surface area (Å²) in [5.41, 5.74) is 2.02. The van der Waals surface area contributed by atoms with Crippen LogP contribution in [0.4, 0.5) is 0 Å². The number of hydrogen-bond donors (Lipinski definition) is 2. The molecule has 4 atom stereocenters. The highest BCUT2D eigenvalue weighted by Gasteiger charge is 2.38. The van der Waals surface area contributed by atoms with Gasteiger partial charge < -0.3 is 34.1 Å². The van der Waals surface area contributed by atoms with E-state index in [1.54, 1.807) is 7.11 Å². The van der Waals surface area contributed by atoms with Crippen molar-refractivity contribution in [2.45, 2.75) is 56.7 Å². The van der Waals surface area contributed by atoms with Gasteiger partial charge in [-0.3, -0.25) is 9.69 Å². The fourth-order valence-electron chi connectivity index (χ4n) is 5.22. The van der Waals surface area contributed by atoms with Crippen LogP contribution in [-0.2, 0) is 27.4 Å². The fraction of sp³-hybridized carbons (Fsp3) is 0.519. The third kappa shape index (κ3) is 5.92. The van der Waals surface area contributed by atoms with Crippen molar-refractivity contribution < 1.29 is 33.6 Å². The number of hydrogen-bond acceptors (Lipinski definition) is 8. The van der Waals surface area contributed by atoms with Gasteiger partial charge in [0.25, 0.3) is 0 Å². The van der Waals surface area contributed by atoms with Crippen molar-refractivity contribution in [2.24, 2.45) is 0 Å². The van der Waals surface area contributed by atoms with Crippen molar-refractivity contribution in [3.05, 3.63) is 53.6 Å². The number of nitrogens with zero attached hydrogens (tertiary/aromatic N) is 1. The molecule has 0 aliphatic carbocycles. The molecule has 9 nitrogen and oxygen atoms in total. The second kappa shape index (κ2) is 11.5.